The van der Waals surface area contributed by atoms with Gasteiger partial charge in [0.25, 0.3) is 0 Å². The minimum atomic E-state index is -1.21. The van der Waals surface area contributed by atoms with Gasteiger partial charge in [-0.15, -0.1) is 0 Å². The van der Waals surface area contributed by atoms with E-state index in [-0.39, 0.29) is 17.9 Å². The summed E-state index contributed by atoms with van der Waals surface area (Å²) in [5, 5.41) is 4.38. The molecule has 0 N–H and O–H groups in total. The van der Waals surface area contributed by atoms with Crippen LogP contribution >= 0.6 is 0 Å². The van der Waals surface area contributed by atoms with Crippen molar-refractivity contribution in [1.82, 2.24) is 4.67 Å². The number of benzene rings is 1. The molecule has 0 spiro atoms. The monoisotopic (exact) mass is 290 g/mol. The van der Waals surface area contributed by atoms with Gasteiger partial charge in [-0.1, -0.05) is 50.3 Å². The second-order valence-corrected chi connectivity index (χ2v) is 7.75. The summed E-state index contributed by atoms with van der Waals surface area (Å²) in [7, 11) is -1.21. The van der Waals surface area contributed by atoms with Gasteiger partial charge in [0, 0.05) is 6.42 Å². The number of ketones is 2. The Bertz CT molecular complexity index is 498. The van der Waals surface area contributed by atoms with E-state index in [1.807, 2.05) is 35.0 Å². The zero-order valence-electron chi connectivity index (χ0n) is 12.6. The van der Waals surface area contributed by atoms with E-state index in [1.165, 1.54) is 0 Å². The molecule has 5 heteroatoms. The Kier molecular flexibility index (Phi) is 6.31. The van der Waals surface area contributed by atoms with Crippen molar-refractivity contribution in [1.29, 1.82) is 0 Å². The van der Waals surface area contributed by atoms with Crippen LogP contribution < -0.4 is 0 Å². The van der Waals surface area contributed by atoms with Crippen LogP contribution in [0.4, 0.5) is 0 Å². The Balaban J connectivity index is 2.87. The first-order valence-corrected chi connectivity index (χ1v) is 9.71. The van der Waals surface area contributed by atoms with E-state index in [1.54, 1.807) is 13.8 Å². The maximum atomic E-state index is 11.8. The van der Waals surface area contributed by atoms with Gasteiger partial charge < -0.3 is 4.67 Å². The summed E-state index contributed by atoms with van der Waals surface area (Å²) in [6.07, 6.45) is 0.226. The van der Waals surface area contributed by atoms with Crippen molar-refractivity contribution >= 4 is 26.2 Å². The first-order valence-electron chi connectivity index (χ1n) is 6.89. The third-order valence-electron chi connectivity index (χ3n) is 2.96. The van der Waals surface area contributed by atoms with Crippen molar-refractivity contribution in [2.45, 2.75) is 39.9 Å². The molecule has 0 amide bonds. The molecule has 4 nitrogen and oxygen atoms in total. The summed E-state index contributed by atoms with van der Waals surface area (Å²) in [6, 6.07) is 10.0. The molecule has 0 atom stereocenters. The second kappa shape index (κ2) is 7.74. The smallest absolute Gasteiger partial charge is 0.244 e. The van der Waals surface area contributed by atoms with Crippen molar-refractivity contribution < 1.29 is 9.59 Å². The highest BCUT2D eigenvalue weighted by Gasteiger charge is 2.17. The quantitative estimate of drug-likeness (QED) is 0.335. The lowest BCUT2D eigenvalue weighted by Gasteiger charge is -2.23. The predicted molar refractivity (Wildman–Crippen MR) is 84.3 cm³/mol. The number of carbonyl (C=O) groups is 2. The topological polar surface area (TPSA) is 49.7 Å². The highest BCUT2D eigenvalue weighted by molar-refractivity contribution is 6.65. The zero-order valence-corrected chi connectivity index (χ0v) is 13.7. The van der Waals surface area contributed by atoms with Gasteiger partial charge in [-0.25, -0.2) is 0 Å². The molecule has 0 aromatic heterocycles. The first-order chi connectivity index (χ1) is 9.45. The Hall–Kier alpha value is -1.75. The maximum absolute atomic E-state index is 11.8. The molecule has 20 heavy (non-hydrogen) atoms. The van der Waals surface area contributed by atoms with Gasteiger partial charge in [-0.2, -0.15) is 5.10 Å². The van der Waals surface area contributed by atoms with Crippen molar-refractivity contribution in [2.24, 2.45) is 5.10 Å². The van der Waals surface area contributed by atoms with Crippen LogP contribution in [0.1, 0.15) is 25.8 Å². The molecule has 0 saturated carbocycles. The summed E-state index contributed by atoms with van der Waals surface area (Å²) in [5.74, 6) is -0.850. The normalized spacial score (nSPS) is 11.6. The van der Waals surface area contributed by atoms with Crippen molar-refractivity contribution in [3.63, 3.8) is 0 Å². The van der Waals surface area contributed by atoms with Crippen LogP contribution in [0.2, 0.25) is 13.1 Å². The fourth-order valence-electron chi connectivity index (χ4n) is 1.70. The van der Waals surface area contributed by atoms with E-state index in [0.29, 0.717) is 6.54 Å². The van der Waals surface area contributed by atoms with Gasteiger partial charge in [0.1, 0.15) is 5.71 Å². The van der Waals surface area contributed by atoms with Crippen LogP contribution in [0.5, 0.6) is 0 Å². The molecule has 0 unspecified atom stereocenters. The molecule has 1 aromatic carbocycles. The van der Waals surface area contributed by atoms with Gasteiger partial charge in [0.15, 0.2) is 8.96 Å². The number of carbonyl (C=O) groups excluding carboxylic acids is 2. The average molecular weight is 290 g/mol. The Labute approximate surface area is 122 Å². The highest BCUT2D eigenvalue weighted by atomic mass is 28.3. The molecular weight excluding hydrogens is 268 g/mol. The van der Waals surface area contributed by atoms with Gasteiger partial charge >= 0.3 is 0 Å². The summed E-state index contributed by atoms with van der Waals surface area (Å²) in [4.78, 5) is 23.2. The molecule has 0 radical (unpaired) electrons. The van der Waals surface area contributed by atoms with E-state index in [4.69, 9.17) is 0 Å². The van der Waals surface area contributed by atoms with Crippen LogP contribution in [-0.4, -0.2) is 30.9 Å². The van der Waals surface area contributed by atoms with Crippen LogP contribution in [0.3, 0.4) is 0 Å². The second-order valence-electron chi connectivity index (χ2n) is 4.97. The van der Waals surface area contributed by atoms with E-state index in [2.05, 4.69) is 18.2 Å². The number of Topliss-reactive ketones (excluding diaryl/α,β-unsaturated/α-hetero) is 2. The lowest BCUT2D eigenvalue weighted by molar-refractivity contribution is -0.132. The lowest BCUT2D eigenvalue weighted by atomic mass is 10.1. The minimum Gasteiger partial charge on any atom is -0.323 e. The first kappa shape index (κ1) is 16.3. The zero-order chi connectivity index (χ0) is 15.1. The molecule has 0 aliphatic carbocycles. The maximum Gasteiger partial charge on any atom is 0.244 e. The van der Waals surface area contributed by atoms with Crippen molar-refractivity contribution in [2.75, 3.05) is 0 Å². The largest absolute Gasteiger partial charge is 0.323 e. The SMILES string of the molecule is CCC(=O)C(=O)C(C)=NN(Cc1ccccc1)[SiH](C)C. The molecule has 108 valence electrons. The summed E-state index contributed by atoms with van der Waals surface area (Å²) >= 11 is 0. The van der Waals surface area contributed by atoms with E-state index in [0.717, 1.165) is 5.56 Å². The Morgan fingerprint density at radius 1 is 1.20 bits per heavy atom. The van der Waals surface area contributed by atoms with Crippen molar-refractivity contribution in [3.05, 3.63) is 35.9 Å². The van der Waals surface area contributed by atoms with Gasteiger partial charge in [-0.3, -0.25) is 9.59 Å². The Morgan fingerprint density at radius 3 is 2.30 bits per heavy atom. The highest BCUT2D eigenvalue weighted by Crippen LogP contribution is 2.08. The van der Waals surface area contributed by atoms with Gasteiger partial charge in [0.05, 0.1) is 6.54 Å². The number of hydrazone groups is 1. The number of nitrogens with zero attached hydrogens (tertiary/aromatic N) is 2. The minimum absolute atomic E-state index is 0.226. The van der Waals surface area contributed by atoms with Crippen molar-refractivity contribution in [3.8, 4) is 0 Å². The summed E-state index contributed by atoms with van der Waals surface area (Å²) in [6.45, 7) is 8.27. The third-order valence-corrected chi connectivity index (χ3v) is 4.46. The van der Waals surface area contributed by atoms with E-state index < -0.39 is 14.7 Å². The van der Waals surface area contributed by atoms with E-state index >= 15 is 0 Å². The average Bonchev–Trinajstić information content (AvgIpc) is 2.45. The standard InChI is InChI=1S/C15H22N2O2Si/c1-5-14(18)15(19)12(2)16-17(20(3)4)11-13-9-7-6-8-10-13/h6-10,20H,5,11H2,1-4H3. The van der Waals surface area contributed by atoms with E-state index in [9.17, 15) is 9.59 Å². The molecule has 0 aliphatic rings. The number of rotatable bonds is 7. The Morgan fingerprint density at radius 2 is 1.80 bits per heavy atom. The molecule has 0 bridgehead atoms. The van der Waals surface area contributed by atoms with Crippen LogP contribution in [0.15, 0.2) is 35.4 Å². The summed E-state index contributed by atoms with van der Waals surface area (Å²) < 4.78 is 1.96. The fourth-order valence-corrected chi connectivity index (χ4v) is 2.68. The number of hydrogen-bond donors (Lipinski definition) is 0. The molecular formula is C15H22N2O2Si. The van der Waals surface area contributed by atoms with Crippen LogP contribution in [0.25, 0.3) is 0 Å². The molecule has 1 aromatic rings. The van der Waals surface area contributed by atoms with Crippen LogP contribution in [0, 0.1) is 0 Å². The molecule has 0 saturated heterocycles. The number of hydrogen-bond acceptors (Lipinski definition) is 4. The molecule has 0 fully saturated rings. The summed E-state index contributed by atoms with van der Waals surface area (Å²) in [5.41, 5.74) is 1.44. The van der Waals surface area contributed by atoms with Gasteiger partial charge in [0.2, 0.25) is 11.6 Å². The fraction of sp³-hybridized carbons (Fsp3) is 0.400. The lowest BCUT2D eigenvalue weighted by Crippen LogP contribution is -2.32. The van der Waals surface area contributed by atoms with Crippen LogP contribution in [-0.2, 0) is 16.1 Å². The molecule has 0 aliphatic heterocycles. The third kappa shape index (κ3) is 4.73. The molecule has 1 rings (SSSR count). The molecule has 0 heterocycles. The van der Waals surface area contributed by atoms with Gasteiger partial charge in [-0.05, 0) is 12.5 Å². The predicted octanol–water partition coefficient (Wildman–Crippen LogP) is 2.40.